The molecular weight excluding hydrogens is 349 g/mol. The fourth-order valence-corrected chi connectivity index (χ4v) is 2.61. The number of nitrogens with zero attached hydrogens (tertiary/aromatic N) is 1. The number of aromatic carboxylic acids is 1. The van der Waals surface area contributed by atoms with Crippen LogP contribution in [0.3, 0.4) is 0 Å². The first-order valence-corrected chi connectivity index (χ1v) is 6.47. The van der Waals surface area contributed by atoms with E-state index in [1.54, 1.807) is 32.4 Å². The van der Waals surface area contributed by atoms with Crippen LogP contribution in [-0.4, -0.2) is 44.2 Å². The number of hydrogen-bond donors (Lipinski definition) is 1. The summed E-state index contributed by atoms with van der Waals surface area (Å²) in [4.78, 5) is 13.0. The lowest BCUT2D eigenvalue weighted by Crippen LogP contribution is -2.64. The molecule has 1 aromatic carbocycles. The molecule has 0 aromatic heterocycles. The predicted molar refractivity (Wildman–Crippen MR) is 75.1 cm³/mol. The third kappa shape index (κ3) is 2.32. The Balaban J connectivity index is 2.21. The number of anilines is 1. The summed E-state index contributed by atoms with van der Waals surface area (Å²) in [7, 11) is 3.22. The molecule has 0 aliphatic carbocycles. The quantitative estimate of drug-likeness (QED) is 0.653. The second kappa shape index (κ2) is 5.02. The normalized spacial score (nSPS) is 17.4. The Morgan fingerprint density at radius 3 is 2.50 bits per heavy atom. The number of rotatable bonds is 4. The van der Waals surface area contributed by atoms with E-state index < -0.39 is 11.8 Å². The molecule has 0 bridgehead atoms. The molecule has 1 fully saturated rings. The third-order valence-corrected chi connectivity index (χ3v) is 4.05. The topological polar surface area (TPSA) is 59.0 Å². The van der Waals surface area contributed by atoms with Crippen LogP contribution in [0.2, 0.25) is 0 Å². The summed E-state index contributed by atoms with van der Waals surface area (Å²) >= 11 is 2.19. The second-order valence-corrected chi connectivity index (χ2v) is 5.31. The van der Waals surface area contributed by atoms with Gasteiger partial charge >= 0.3 is 5.97 Å². The number of carboxylic acid groups (broad SMARTS) is 1. The van der Waals surface area contributed by atoms with Crippen LogP contribution < -0.4 is 4.90 Å². The molecule has 0 amide bonds. The first-order valence-electron chi connectivity index (χ1n) is 5.39. The second-order valence-electron chi connectivity index (χ2n) is 4.15. The summed E-state index contributed by atoms with van der Waals surface area (Å²) in [6.45, 7) is 1.19. The molecule has 0 atom stereocenters. The molecule has 6 heteroatoms. The Labute approximate surface area is 119 Å². The van der Waals surface area contributed by atoms with E-state index in [0.717, 1.165) is 9.26 Å². The number of hydrogen-bond acceptors (Lipinski definition) is 4. The molecular formula is C12H14INO4. The lowest BCUT2D eigenvalue weighted by atomic mass is 10.1. The van der Waals surface area contributed by atoms with Crippen molar-refractivity contribution in [2.75, 3.05) is 32.2 Å². The van der Waals surface area contributed by atoms with Gasteiger partial charge in [0, 0.05) is 17.8 Å². The lowest BCUT2D eigenvalue weighted by Gasteiger charge is -2.49. The summed E-state index contributed by atoms with van der Waals surface area (Å²) in [6.07, 6.45) is 0. The zero-order valence-electron chi connectivity index (χ0n) is 10.1. The van der Waals surface area contributed by atoms with Crippen molar-refractivity contribution < 1.29 is 19.4 Å². The van der Waals surface area contributed by atoms with Gasteiger partial charge in [0.2, 0.25) is 5.79 Å². The maximum absolute atomic E-state index is 11.0. The molecule has 0 radical (unpaired) electrons. The molecule has 1 N–H and O–H groups in total. The van der Waals surface area contributed by atoms with Crippen LogP contribution in [0.1, 0.15) is 10.4 Å². The van der Waals surface area contributed by atoms with Crippen molar-refractivity contribution >= 4 is 34.2 Å². The largest absolute Gasteiger partial charge is 0.478 e. The van der Waals surface area contributed by atoms with Crippen LogP contribution in [0.25, 0.3) is 0 Å². The van der Waals surface area contributed by atoms with Gasteiger partial charge in [0.1, 0.15) is 0 Å². The lowest BCUT2D eigenvalue weighted by molar-refractivity contribution is -0.219. The molecule has 0 saturated carbocycles. The first-order chi connectivity index (χ1) is 8.51. The molecule has 1 heterocycles. The SMILES string of the molecule is COC1(OC)CN(c2cc(C(=O)O)ccc2I)C1. The van der Waals surface area contributed by atoms with Crippen LogP contribution in [0, 0.1) is 3.57 Å². The highest BCUT2D eigenvalue weighted by atomic mass is 127. The van der Waals surface area contributed by atoms with E-state index in [1.165, 1.54) is 0 Å². The first kappa shape index (κ1) is 13.6. The Kier molecular flexibility index (Phi) is 3.79. The zero-order chi connectivity index (χ0) is 13.3. The van der Waals surface area contributed by atoms with Crippen molar-refractivity contribution in [3.8, 4) is 0 Å². The van der Waals surface area contributed by atoms with Crippen molar-refractivity contribution in [3.63, 3.8) is 0 Å². The summed E-state index contributed by atoms with van der Waals surface area (Å²) in [5.74, 6) is -1.49. The molecule has 1 saturated heterocycles. The fraction of sp³-hybridized carbons (Fsp3) is 0.417. The van der Waals surface area contributed by atoms with Gasteiger partial charge in [-0.15, -0.1) is 0 Å². The molecule has 98 valence electrons. The predicted octanol–water partition coefficient (Wildman–Crippen LogP) is 1.80. The minimum atomic E-state index is -0.919. The molecule has 1 aromatic rings. The average Bonchev–Trinajstić information content (AvgIpc) is 2.30. The standard InChI is InChI=1S/C12H14INO4/c1-17-12(18-2)6-14(7-12)10-5-8(11(15)16)3-4-9(10)13/h3-5H,6-7H2,1-2H3,(H,15,16). The highest BCUT2D eigenvalue weighted by Gasteiger charge is 2.44. The highest BCUT2D eigenvalue weighted by Crippen LogP contribution is 2.34. The molecule has 18 heavy (non-hydrogen) atoms. The van der Waals surface area contributed by atoms with Gasteiger partial charge in [-0.05, 0) is 40.8 Å². The van der Waals surface area contributed by atoms with Gasteiger partial charge < -0.3 is 19.5 Å². The minimum Gasteiger partial charge on any atom is -0.478 e. The smallest absolute Gasteiger partial charge is 0.335 e. The van der Waals surface area contributed by atoms with E-state index in [-0.39, 0.29) is 5.56 Å². The van der Waals surface area contributed by atoms with Gasteiger partial charge in [0.25, 0.3) is 0 Å². The number of halogens is 1. The Bertz CT molecular complexity index is 465. The summed E-state index contributed by atoms with van der Waals surface area (Å²) in [6, 6.07) is 5.09. The number of benzene rings is 1. The van der Waals surface area contributed by atoms with Gasteiger partial charge in [0.05, 0.1) is 24.3 Å². The van der Waals surface area contributed by atoms with Gasteiger partial charge in [-0.1, -0.05) is 0 Å². The van der Waals surface area contributed by atoms with Crippen LogP contribution in [-0.2, 0) is 9.47 Å². The van der Waals surface area contributed by atoms with Gasteiger partial charge in [-0.25, -0.2) is 4.79 Å². The number of carboxylic acids is 1. The number of methoxy groups -OCH3 is 2. The van der Waals surface area contributed by atoms with Crippen LogP contribution in [0.5, 0.6) is 0 Å². The van der Waals surface area contributed by atoms with Crippen molar-refractivity contribution in [1.82, 2.24) is 0 Å². The third-order valence-electron chi connectivity index (χ3n) is 3.14. The maximum atomic E-state index is 11.0. The van der Waals surface area contributed by atoms with Crippen molar-refractivity contribution in [2.24, 2.45) is 0 Å². The van der Waals surface area contributed by atoms with E-state index in [1.807, 2.05) is 4.90 Å². The minimum absolute atomic E-state index is 0.290. The zero-order valence-corrected chi connectivity index (χ0v) is 12.3. The summed E-state index contributed by atoms with van der Waals surface area (Å²) in [5, 5.41) is 9.00. The maximum Gasteiger partial charge on any atom is 0.335 e. The van der Waals surface area contributed by atoms with Crippen LogP contribution >= 0.6 is 22.6 Å². The summed E-state index contributed by atoms with van der Waals surface area (Å²) in [5.41, 5.74) is 1.19. The van der Waals surface area contributed by atoms with E-state index in [2.05, 4.69) is 22.6 Å². The van der Waals surface area contributed by atoms with E-state index >= 15 is 0 Å². The fourth-order valence-electron chi connectivity index (χ4n) is 1.94. The van der Waals surface area contributed by atoms with Crippen LogP contribution in [0.15, 0.2) is 18.2 Å². The average molecular weight is 363 g/mol. The molecule has 5 nitrogen and oxygen atoms in total. The summed E-state index contributed by atoms with van der Waals surface area (Å²) < 4.78 is 11.6. The molecule has 1 aliphatic heterocycles. The van der Waals surface area contributed by atoms with E-state index in [4.69, 9.17) is 14.6 Å². The Morgan fingerprint density at radius 2 is 2.00 bits per heavy atom. The number of ether oxygens (including phenoxy) is 2. The van der Waals surface area contributed by atoms with Crippen molar-refractivity contribution in [3.05, 3.63) is 27.3 Å². The van der Waals surface area contributed by atoms with E-state index in [0.29, 0.717) is 13.1 Å². The van der Waals surface area contributed by atoms with E-state index in [9.17, 15) is 4.79 Å². The van der Waals surface area contributed by atoms with Crippen LogP contribution in [0.4, 0.5) is 5.69 Å². The number of carbonyl (C=O) groups is 1. The molecule has 2 rings (SSSR count). The Morgan fingerprint density at radius 1 is 1.39 bits per heavy atom. The monoisotopic (exact) mass is 363 g/mol. The molecule has 1 aliphatic rings. The molecule has 0 unspecified atom stereocenters. The van der Waals surface area contributed by atoms with Gasteiger partial charge in [-0.3, -0.25) is 0 Å². The van der Waals surface area contributed by atoms with Gasteiger partial charge in [-0.2, -0.15) is 0 Å². The highest BCUT2D eigenvalue weighted by molar-refractivity contribution is 14.1. The Hall–Kier alpha value is -0.860. The molecule has 0 spiro atoms. The van der Waals surface area contributed by atoms with Crippen molar-refractivity contribution in [1.29, 1.82) is 0 Å². The van der Waals surface area contributed by atoms with Gasteiger partial charge in [0.15, 0.2) is 0 Å². The van der Waals surface area contributed by atoms with Crippen molar-refractivity contribution in [2.45, 2.75) is 5.79 Å².